The largest absolute Gasteiger partial charge is 0.300 e. The van der Waals surface area contributed by atoms with E-state index in [9.17, 15) is 28.8 Å². The number of ketones is 6. The van der Waals surface area contributed by atoms with Crippen molar-refractivity contribution in [3.63, 3.8) is 0 Å². The number of nitrogens with zero attached hydrogens (tertiary/aromatic N) is 3. The highest BCUT2D eigenvalue weighted by molar-refractivity contribution is 7.56. The van der Waals surface area contributed by atoms with E-state index in [1.807, 2.05) is 13.8 Å². The van der Waals surface area contributed by atoms with Crippen molar-refractivity contribution in [2.24, 2.45) is 0 Å². The number of rotatable bonds is 29. The van der Waals surface area contributed by atoms with Crippen LogP contribution in [0, 0.1) is 0 Å². The molecule has 0 unspecified atom stereocenters. The minimum Gasteiger partial charge on any atom is -0.300 e. The molecule has 0 atom stereocenters. The lowest BCUT2D eigenvalue weighted by molar-refractivity contribution is -0.120. The fourth-order valence-electron chi connectivity index (χ4n) is 4.69. The monoisotopic (exact) mass is 627 g/mol. The van der Waals surface area contributed by atoms with Crippen LogP contribution < -0.4 is 0 Å². The third kappa shape index (κ3) is 16.1. The van der Waals surface area contributed by atoms with Crippen LogP contribution >= 0.6 is 7.59 Å². The van der Waals surface area contributed by atoms with Crippen molar-refractivity contribution < 1.29 is 33.3 Å². The Bertz CT molecular complexity index is 843. The Labute approximate surface area is 260 Å². The lowest BCUT2D eigenvalue weighted by Crippen LogP contribution is -2.45. The van der Waals surface area contributed by atoms with Crippen molar-refractivity contribution in [2.75, 3.05) is 39.3 Å². The summed E-state index contributed by atoms with van der Waals surface area (Å²) < 4.78 is 20.8. The van der Waals surface area contributed by atoms with E-state index < -0.39 is 7.59 Å². The maximum Gasteiger partial charge on any atom is 0.286 e. The second-order valence-electron chi connectivity index (χ2n) is 11.0. The van der Waals surface area contributed by atoms with Crippen molar-refractivity contribution in [3.05, 3.63) is 0 Å². The minimum atomic E-state index is -3.88. The third-order valence-electron chi connectivity index (χ3n) is 7.63. The summed E-state index contributed by atoms with van der Waals surface area (Å²) in [6.07, 6.45) is 4.11. The number of hydrogen-bond acceptors (Lipinski definition) is 7. The molecular weight excluding hydrogens is 569 g/mol. The van der Waals surface area contributed by atoms with E-state index in [1.165, 1.54) is 0 Å². The maximum absolute atomic E-state index is 15.8. The van der Waals surface area contributed by atoms with E-state index in [2.05, 4.69) is 0 Å². The molecule has 11 heteroatoms. The zero-order chi connectivity index (χ0) is 32.8. The highest BCUT2D eigenvalue weighted by Gasteiger charge is 2.43. The van der Waals surface area contributed by atoms with Crippen LogP contribution in [0.3, 0.4) is 0 Å². The normalized spacial score (nSPS) is 11.8. The van der Waals surface area contributed by atoms with Crippen LogP contribution in [-0.4, -0.2) is 88.0 Å². The number of hydrogen-bond donors (Lipinski definition) is 0. The molecule has 0 fully saturated rings. The van der Waals surface area contributed by atoms with E-state index in [0.717, 1.165) is 0 Å². The lowest BCUT2D eigenvalue weighted by Gasteiger charge is -2.45. The summed E-state index contributed by atoms with van der Waals surface area (Å²) in [5.41, 5.74) is 0. The molecule has 10 nitrogen and oxygen atoms in total. The van der Waals surface area contributed by atoms with Crippen LogP contribution in [0.5, 0.6) is 0 Å². The zero-order valence-corrected chi connectivity index (χ0v) is 28.7. The summed E-state index contributed by atoms with van der Waals surface area (Å²) in [7, 11) is -3.88. The van der Waals surface area contributed by atoms with E-state index in [1.54, 1.807) is 41.7 Å². The fourth-order valence-corrected chi connectivity index (χ4v) is 7.93. The van der Waals surface area contributed by atoms with Gasteiger partial charge in [-0.25, -0.2) is 14.0 Å². The Morgan fingerprint density at radius 1 is 0.372 bits per heavy atom. The first kappa shape index (κ1) is 41.1. The van der Waals surface area contributed by atoms with Gasteiger partial charge in [-0.1, -0.05) is 41.5 Å². The lowest BCUT2D eigenvalue weighted by atomic mass is 10.1. The Hall–Kier alpha value is -1.87. The Kier molecular flexibility index (Phi) is 22.5. The molecular formula is C32H58N3O7P. The van der Waals surface area contributed by atoms with Gasteiger partial charge < -0.3 is 0 Å². The molecule has 0 amide bonds. The van der Waals surface area contributed by atoms with Gasteiger partial charge in [-0.05, 0) is 12.8 Å². The van der Waals surface area contributed by atoms with Gasteiger partial charge in [0.25, 0.3) is 7.59 Å². The molecule has 0 heterocycles. The number of carbonyl (C=O) groups is 6. The second kappa shape index (κ2) is 23.5. The molecule has 0 rings (SSSR count). The molecule has 0 saturated carbocycles. The molecule has 0 N–H and O–H groups in total. The quantitative estimate of drug-likeness (QED) is 0.0911. The predicted molar refractivity (Wildman–Crippen MR) is 171 cm³/mol. The van der Waals surface area contributed by atoms with E-state index in [-0.39, 0.29) is 112 Å². The second-order valence-corrected chi connectivity index (χ2v) is 13.7. The van der Waals surface area contributed by atoms with Crippen molar-refractivity contribution in [3.8, 4) is 0 Å². The van der Waals surface area contributed by atoms with Crippen LogP contribution in [0.15, 0.2) is 0 Å². The van der Waals surface area contributed by atoms with Gasteiger partial charge in [0.2, 0.25) is 0 Å². The van der Waals surface area contributed by atoms with E-state index in [4.69, 9.17) is 0 Å². The first-order valence-corrected chi connectivity index (χ1v) is 18.0. The minimum absolute atomic E-state index is 0.0154. The molecule has 0 radical (unpaired) electrons. The Morgan fingerprint density at radius 3 is 0.767 bits per heavy atom. The summed E-state index contributed by atoms with van der Waals surface area (Å²) in [5.74, 6) is -0.0431. The van der Waals surface area contributed by atoms with Crippen molar-refractivity contribution in [1.82, 2.24) is 14.0 Å². The van der Waals surface area contributed by atoms with Crippen molar-refractivity contribution >= 4 is 42.3 Å². The van der Waals surface area contributed by atoms with E-state index >= 15 is 4.57 Å². The van der Waals surface area contributed by atoms with Gasteiger partial charge in [0.15, 0.2) is 0 Å². The van der Waals surface area contributed by atoms with Crippen LogP contribution in [0.1, 0.15) is 131 Å². The molecule has 0 aromatic rings. The first-order valence-electron chi connectivity index (χ1n) is 16.4. The first-order chi connectivity index (χ1) is 20.4. The molecule has 0 saturated heterocycles. The van der Waals surface area contributed by atoms with Gasteiger partial charge in [0.1, 0.15) is 34.7 Å². The van der Waals surface area contributed by atoms with Gasteiger partial charge in [-0.15, -0.1) is 0 Å². The van der Waals surface area contributed by atoms with Crippen LogP contribution in [0.4, 0.5) is 0 Å². The van der Waals surface area contributed by atoms with Crippen LogP contribution in [0.25, 0.3) is 0 Å². The predicted octanol–water partition coefficient (Wildman–Crippen LogP) is 6.00. The van der Waals surface area contributed by atoms with Crippen LogP contribution in [-0.2, 0) is 33.3 Å². The SMILES string of the molecule is CCCC(=O)CCN(CCC(=O)CCC)P(=O)(N(CCC(=O)CC)CCC(=O)CC)N(CCC(=O)CC)CCC(=O)CC. The average molecular weight is 628 g/mol. The van der Waals surface area contributed by atoms with Gasteiger partial charge in [0, 0.05) is 116 Å². The molecule has 0 aromatic carbocycles. The molecule has 0 bridgehead atoms. The summed E-state index contributed by atoms with van der Waals surface area (Å²) in [6.45, 7) is 11.6. The van der Waals surface area contributed by atoms with Gasteiger partial charge in [-0.2, -0.15) is 0 Å². The molecule has 0 aliphatic rings. The summed E-state index contributed by atoms with van der Waals surface area (Å²) in [4.78, 5) is 75.2. The highest BCUT2D eigenvalue weighted by atomic mass is 31.2. The number of carbonyl (C=O) groups excluding carboxylic acids is 6. The van der Waals surface area contributed by atoms with Gasteiger partial charge >= 0.3 is 0 Å². The Balaban J connectivity index is 7.06. The average Bonchev–Trinajstić information content (AvgIpc) is 2.99. The highest BCUT2D eigenvalue weighted by Crippen LogP contribution is 2.57. The zero-order valence-electron chi connectivity index (χ0n) is 27.8. The van der Waals surface area contributed by atoms with Crippen molar-refractivity contribution in [2.45, 2.75) is 131 Å². The molecule has 248 valence electrons. The maximum atomic E-state index is 15.8. The smallest absolute Gasteiger partial charge is 0.286 e. The number of Topliss-reactive ketones (excluding diaryl/α,β-unsaturated/α-hetero) is 6. The fraction of sp³-hybridized carbons (Fsp3) is 0.812. The van der Waals surface area contributed by atoms with Crippen molar-refractivity contribution in [1.29, 1.82) is 0 Å². The van der Waals surface area contributed by atoms with Gasteiger partial charge in [-0.3, -0.25) is 33.3 Å². The molecule has 0 aliphatic heterocycles. The molecule has 0 spiro atoms. The summed E-state index contributed by atoms with van der Waals surface area (Å²) in [6, 6.07) is 0. The standard InChI is InChI=1S/C32H58N3O7P/c1-7-13-31(40)19-25-35(26-20-32(41)14-8-2)43(42,33(21-15-27(36)9-3)22-16-28(37)10-4)34(23-17-29(38)11-5)24-18-30(39)12-6/h7-26H2,1-6H3. The molecule has 0 aliphatic carbocycles. The topological polar surface area (TPSA) is 129 Å². The van der Waals surface area contributed by atoms with E-state index in [0.29, 0.717) is 51.4 Å². The van der Waals surface area contributed by atoms with Crippen LogP contribution in [0.2, 0.25) is 0 Å². The molecule has 0 aromatic heterocycles. The molecule has 43 heavy (non-hydrogen) atoms. The summed E-state index contributed by atoms with van der Waals surface area (Å²) in [5, 5.41) is 0. The third-order valence-corrected chi connectivity index (χ3v) is 11.0. The Morgan fingerprint density at radius 2 is 0.581 bits per heavy atom. The summed E-state index contributed by atoms with van der Waals surface area (Å²) >= 11 is 0. The van der Waals surface area contributed by atoms with Gasteiger partial charge in [0.05, 0.1) is 0 Å².